The predicted octanol–water partition coefficient (Wildman–Crippen LogP) is 2.68. The van der Waals surface area contributed by atoms with Crippen LogP contribution in [-0.4, -0.2) is 37.9 Å². The molecule has 1 fully saturated rings. The molecule has 0 spiro atoms. The first-order chi connectivity index (χ1) is 11.6. The number of anilines is 1. The third kappa shape index (κ3) is 2.67. The zero-order valence-corrected chi connectivity index (χ0v) is 14.7. The summed E-state index contributed by atoms with van der Waals surface area (Å²) in [7, 11) is 1.90. The van der Waals surface area contributed by atoms with Crippen molar-refractivity contribution >= 4 is 28.2 Å². The highest BCUT2D eigenvalue weighted by atomic mass is 32.1. The first-order valence-electron chi connectivity index (χ1n) is 8.26. The van der Waals surface area contributed by atoms with E-state index in [9.17, 15) is 5.11 Å². The number of aryl methyl sites for hydroxylation is 2. The first-order valence-corrected chi connectivity index (χ1v) is 9.14. The van der Waals surface area contributed by atoms with Crippen LogP contribution in [0.5, 0.6) is 0 Å². The Bertz CT molecular complexity index is 836. The highest BCUT2D eigenvalue weighted by molar-refractivity contribution is 7.10. The van der Waals surface area contributed by atoms with Crippen LogP contribution in [0.1, 0.15) is 29.6 Å². The smallest absolute Gasteiger partial charge is 0.163 e. The van der Waals surface area contributed by atoms with Crippen LogP contribution < -0.4 is 4.90 Å². The van der Waals surface area contributed by atoms with Crippen LogP contribution >= 0.6 is 11.3 Å². The Kier molecular flexibility index (Phi) is 3.97. The van der Waals surface area contributed by atoms with Crippen LogP contribution in [0.25, 0.3) is 11.0 Å². The number of fused-ring (bicyclic) bond motifs is 1. The van der Waals surface area contributed by atoms with Crippen LogP contribution in [0.2, 0.25) is 0 Å². The number of hydrogen-bond acceptors (Lipinski definition) is 6. The maximum absolute atomic E-state index is 10.6. The molecule has 1 aliphatic heterocycles. The Morgan fingerprint density at radius 1 is 1.29 bits per heavy atom. The van der Waals surface area contributed by atoms with Gasteiger partial charge >= 0.3 is 0 Å². The summed E-state index contributed by atoms with van der Waals surface area (Å²) in [6.07, 6.45) is 3.42. The summed E-state index contributed by atoms with van der Waals surface area (Å²) in [6, 6.07) is 4.02. The maximum atomic E-state index is 10.6. The monoisotopic (exact) mass is 343 g/mol. The van der Waals surface area contributed by atoms with E-state index in [0.29, 0.717) is 5.92 Å². The lowest BCUT2D eigenvalue weighted by Gasteiger charge is -2.35. The van der Waals surface area contributed by atoms with Gasteiger partial charge in [-0.05, 0) is 37.1 Å². The predicted molar refractivity (Wildman–Crippen MR) is 95.3 cm³/mol. The van der Waals surface area contributed by atoms with E-state index >= 15 is 0 Å². The fraction of sp³-hybridized carbons (Fsp3) is 0.471. The van der Waals surface area contributed by atoms with Crippen molar-refractivity contribution < 1.29 is 5.11 Å². The molecule has 3 aromatic rings. The SMILES string of the molecule is Cc1nc(N2CCC(C(O)c3cccs3)CC2)c2cnn(C)c2n1. The number of piperidine rings is 1. The van der Waals surface area contributed by atoms with Gasteiger partial charge in [0.1, 0.15) is 11.6 Å². The largest absolute Gasteiger partial charge is 0.387 e. The second-order valence-corrected chi connectivity index (χ2v) is 7.36. The van der Waals surface area contributed by atoms with Crippen molar-refractivity contribution in [1.29, 1.82) is 0 Å². The molecular weight excluding hydrogens is 322 g/mol. The number of nitrogens with zero attached hydrogens (tertiary/aromatic N) is 5. The van der Waals surface area contributed by atoms with Gasteiger partial charge in [-0.1, -0.05) is 6.07 Å². The zero-order valence-electron chi connectivity index (χ0n) is 13.9. The van der Waals surface area contributed by atoms with Crippen LogP contribution in [0.4, 0.5) is 5.82 Å². The summed E-state index contributed by atoms with van der Waals surface area (Å²) in [5, 5.41) is 17.9. The first kappa shape index (κ1) is 15.5. The molecule has 1 unspecified atom stereocenters. The molecule has 7 heteroatoms. The van der Waals surface area contributed by atoms with E-state index in [4.69, 9.17) is 0 Å². The van der Waals surface area contributed by atoms with Crippen molar-refractivity contribution in [2.45, 2.75) is 25.9 Å². The van der Waals surface area contributed by atoms with Crippen molar-refractivity contribution in [2.75, 3.05) is 18.0 Å². The van der Waals surface area contributed by atoms with Gasteiger partial charge in [0, 0.05) is 25.0 Å². The third-order valence-corrected chi connectivity index (χ3v) is 5.75. The van der Waals surface area contributed by atoms with E-state index in [1.54, 1.807) is 16.0 Å². The molecule has 0 amide bonds. The average Bonchev–Trinajstić information content (AvgIpc) is 3.25. The summed E-state index contributed by atoms with van der Waals surface area (Å²) in [4.78, 5) is 12.5. The quantitative estimate of drug-likeness (QED) is 0.792. The van der Waals surface area contributed by atoms with Gasteiger partial charge in [0.2, 0.25) is 0 Å². The lowest BCUT2D eigenvalue weighted by atomic mass is 9.90. The minimum Gasteiger partial charge on any atom is -0.387 e. The van der Waals surface area contributed by atoms with Gasteiger partial charge in [-0.25, -0.2) is 9.97 Å². The summed E-state index contributed by atoms with van der Waals surface area (Å²) < 4.78 is 1.79. The molecule has 0 saturated carbocycles. The van der Waals surface area contributed by atoms with Gasteiger partial charge in [0.15, 0.2) is 5.65 Å². The van der Waals surface area contributed by atoms with E-state index in [1.165, 1.54) is 0 Å². The number of rotatable bonds is 3. The number of thiophene rings is 1. The summed E-state index contributed by atoms with van der Waals surface area (Å²) >= 11 is 1.63. The standard InChI is InChI=1S/C17H21N5OS/c1-11-19-16-13(10-18-21(16)2)17(20-11)22-7-5-12(6-8-22)15(23)14-4-3-9-24-14/h3-4,9-10,12,15,23H,5-8H2,1-2H3. The molecule has 24 heavy (non-hydrogen) atoms. The summed E-state index contributed by atoms with van der Waals surface area (Å²) in [5.74, 6) is 2.05. The zero-order chi connectivity index (χ0) is 16.7. The molecule has 1 saturated heterocycles. The molecule has 6 nitrogen and oxygen atoms in total. The second kappa shape index (κ2) is 6.14. The van der Waals surface area contributed by atoms with Crippen molar-refractivity contribution in [3.63, 3.8) is 0 Å². The third-order valence-electron chi connectivity index (χ3n) is 4.80. The lowest BCUT2D eigenvalue weighted by molar-refractivity contribution is 0.0961. The molecule has 0 bridgehead atoms. The van der Waals surface area contributed by atoms with Crippen LogP contribution in [-0.2, 0) is 7.05 Å². The van der Waals surface area contributed by atoms with E-state index in [0.717, 1.165) is 53.5 Å². The number of aromatic nitrogens is 4. The van der Waals surface area contributed by atoms with Crippen LogP contribution in [0.3, 0.4) is 0 Å². The Labute approximate surface area is 144 Å². The molecule has 0 radical (unpaired) electrons. The molecule has 4 rings (SSSR count). The minimum atomic E-state index is -0.349. The van der Waals surface area contributed by atoms with Gasteiger partial charge in [-0.15, -0.1) is 11.3 Å². The van der Waals surface area contributed by atoms with Gasteiger partial charge in [-0.2, -0.15) is 5.10 Å². The fourth-order valence-corrected chi connectivity index (χ4v) is 4.28. The van der Waals surface area contributed by atoms with E-state index in [2.05, 4.69) is 20.0 Å². The molecule has 4 heterocycles. The Morgan fingerprint density at radius 3 is 2.79 bits per heavy atom. The Morgan fingerprint density at radius 2 is 2.08 bits per heavy atom. The topological polar surface area (TPSA) is 67.1 Å². The average molecular weight is 343 g/mol. The van der Waals surface area contributed by atoms with E-state index in [1.807, 2.05) is 37.7 Å². The molecule has 126 valence electrons. The van der Waals surface area contributed by atoms with Gasteiger partial charge in [-0.3, -0.25) is 4.68 Å². The molecule has 0 aliphatic carbocycles. The van der Waals surface area contributed by atoms with Crippen LogP contribution in [0.15, 0.2) is 23.7 Å². The van der Waals surface area contributed by atoms with Crippen molar-refractivity contribution in [1.82, 2.24) is 19.7 Å². The van der Waals surface area contributed by atoms with Gasteiger partial charge in [0.25, 0.3) is 0 Å². The molecular formula is C17H21N5OS. The van der Waals surface area contributed by atoms with Gasteiger partial charge in [0.05, 0.1) is 17.7 Å². The molecule has 0 aromatic carbocycles. The highest BCUT2D eigenvalue weighted by Gasteiger charge is 2.28. The number of aliphatic hydroxyl groups excluding tert-OH is 1. The molecule has 1 aliphatic rings. The van der Waals surface area contributed by atoms with Crippen molar-refractivity contribution in [3.05, 3.63) is 34.4 Å². The molecule has 1 atom stereocenters. The van der Waals surface area contributed by atoms with E-state index in [-0.39, 0.29) is 6.10 Å². The normalized spacial score (nSPS) is 17.5. The number of aliphatic hydroxyl groups is 1. The molecule has 3 aromatic heterocycles. The fourth-order valence-electron chi connectivity index (χ4n) is 3.47. The van der Waals surface area contributed by atoms with Crippen molar-refractivity contribution in [3.8, 4) is 0 Å². The van der Waals surface area contributed by atoms with E-state index < -0.39 is 0 Å². The maximum Gasteiger partial charge on any atom is 0.163 e. The Balaban J connectivity index is 1.54. The highest BCUT2D eigenvalue weighted by Crippen LogP contribution is 2.35. The van der Waals surface area contributed by atoms with Crippen molar-refractivity contribution in [2.24, 2.45) is 13.0 Å². The second-order valence-electron chi connectivity index (χ2n) is 6.38. The van der Waals surface area contributed by atoms with Crippen LogP contribution in [0, 0.1) is 12.8 Å². The Hall–Kier alpha value is -1.99. The summed E-state index contributed by atoms with van der Waals surface area (Å²) in [5.41, 5.74) is 0.873. The summed E-state index contributed by atoms with van der Waals surface area (Å²) in [6.45, 7) is 3.71. The molecule has 1 N–H and O–H groups in total. The van der Waals surface area contributed by atoms with Gasteiger partial charge < -0.3 is 10.0 Å². The number of hydrogen-bond donors (Lipinski definition) is 1. The minimum absolute atomic E-state index is 0.312. The lowest BCUT2D eigenvalue weighted by Crippen LogP contribution is -2.36.